The molecule has 1 fully saturated rings. The average molecular weight is 293 g/mol. The predicted octanol–water partition coefficient (Wildman–Crippen LogP) is 2.15. The summed E-state index contributed by atoms with van der Waals surface area (Å²) in [5, 5.41) is 16.6. The Labute approximate surface area is 124 Å². The van der Waals surface area contributed by atoms with Crippen molar-refractivity contribution in [2.45, 2.75) is 64.5 Å². The monoisotopic (exact) mass is 293 g/mol. The zero-order valence-electron chi connectivity index (χ0n) is 12.8. The summed E-state index contributed by atoms with van der Waals surface area (Å²) < 4.78 is 1.63. The van der Waals surface area contributed by atoms with Crippen LogP contribution in [0.5, 0.6) is 0 Å². The van der Waals surface area contributed by atoms with Gasteiger partial charge in [-0.25, -0.2) is 4.79 Å². The van der Waals surface area contributed by atoms with Crippen LogP contribution in [0.1, 0.15) is 68.6 Å². The quantitative estimate of drug-likeness (QED) is 0.871. The molecule has 0 bridgehead atoms. The summed E-state index contributed by atoms with van der Waals surface area (Å²) in [6.45, 7) is 6.52. The van der Waals surface area contributed by atoms with Gasteiger partial charge in [0.2, 0.25) is 0 Å². The van der Waals surface area contributed by atoms with Crippen molar-refractivity contribution in [2.75, 3.05) is 0 Å². The number of nitrogens with zero attached hydrogens (tertiary/aromatic N) is 2. The van der Waals surface area contributed by atoms with Crippen molar-refractivity contribution in [1.82, 2.24) is 15.1 Å². The average Bonchev–Trinajstić information content (AvgIpc) is 3.05. The van der Waals surface area contributed by atoms with Crippen LogP contribution in [0.2, 0.25) is 0 Å². The smallest absolute Gasteiger partial charge is 0.329 e. The summed E-state index contributed by atoms with van der Waals surface area (Å²) in [6, 6.07) is 1.76. The molecule has 0 spiro atoms. The summed E-state index contributed by atoms with van der Waals surface area (Å²) in [5.41, 5.74) is 0.171. The molecule has 0 aromatic carbocycles. The SMILES string of the molecule is CCn1nc(C(C)C)cc1C(=O)NC1(C(=O)O)CCCC1. The molecular weight excluding hydrogens is 270 g/mol. The fraction of sp³-hybridized carbons (Fsp3) is 0.667. The molecule has 2 N–H and O–H groups in total. The second-order valence-electron chi connectivity index (χ2n) is 5.97. The molecule has 0 saturated heterocycles. The van der Waals surface area contributed by atoms with Gasteiger partial charge < -0.3 is 10.4 Å². The van der Waals surface area contributed by atoms with Gasteiger partial charge in [0.05, 0.1) is 5.69 Å². The van der Waals surface area contributed by atoms with E-state index in [9.17, 15) is 14.7 Å². The van der Waals surface area contributed by atoms with Gasteiger partial charge in [0.25, 0.3) is 5.91 Å². The molecule has 1 aliphatic rings. The molecule has 21 heavy (non-hydrogen) atoms. The van der Waals surface area contributed by atoms with Crippen LogP contribution in [0.4, 0.5) is 0 Å². The molecule has 0 atom stereocenters. The van der Waals surface area contributed by atoms with Crippen LogP contribution < -0.4 is 5.32 Å². The molecule has 0 unspecified atom stereocenters. The molecule has 1 amide bonds. The number of carboxylic acid groups (broad SMARTS) is 1. The molecule has 1 heterocycles. The van der Waals surface area contributed by atoms with E-state index in [2.05, 4.69) is 10.4 Å². The van der Waals surface area contributed by atoms with Crippen molar-refractivity contribution in [3.63, 3.8) is 0 Å². The molecule has 1 aliphatic carbocycles. The van der Waals surface area contributed by atoms with Gasteiger partial charge in [0.1, 0.15) is 11.2 Å². The number of aromatic nitrogens is 2. The van der Waals surface area contributed by atoms with Gasteiger partial charge in [-0.2, -0.15) is 5.10 Å². The third kappa shape index (κ3) is 2.94. The van der Waals surface area contributed by atoms with Crippen LogP contribution in [0.15, 0.2) is 6.07 Å². The number of hydrogen-bond donors (Lipinski definition) is 2. The van der Waals surface area contributed by atoms with E-state index < -0.39 is 11.5 Å². The van der Waals surface area contributed by atoms with E-state index in [4.69, 9.17) is 0 Å². The highest BCUT2D eigenvalue weighted by Crippen LogP contribution is 2.30. The third-order valence-corrected chi connectivity index (χ3v) is 4.14. The van der Waals surface area contributed by atoms with Gasteiger partial charge in [-0.05, 0) is 31.7 Å². The second kappa shape index (κ2) is 5.87. The Balaban J connectivity index is 2.25. The Morgan fingerprint density at radius 2 is 2.05 bits per heavy atom. The number of carboxylic acids is 1. The fourth-order valence-corrected chi connectivity index (χ4v) is 2.79. The number of carbonyl (C=O) groups is 2. The van der Waals surface area contributed by atoms with E-state index in [1.807, 2.05) is 20.8 Å². The molecule has 1 aromatic rings. The van der Waals surface area contributed by atoms with Crippen molar-refractivity contribution < 1.29 is 14.7 Å². The van der Waals surface area contributed by atoms with Gasteiger partial charge in [-0.1, -0.05) is 26.7 Å². The third-order valence-electron chi connectivity index (χ3n) is 4.14. The lowest BCUT2D eigenvalue weighted by molar-refractivity contribution is -0.144. The summed E-state index contributed by atoms with van der Waals surface area (Å²) in [7, 11) is 0. The highest BCUT2D eigenvalue weighted by Gasteiger charge is 2.43. The van der Waals surface area contributed by atoms with Crippen molar-refractivity contribution in [3.8, 4) is 0 Å². The Bertz CT molecular complexity index is 542. The summed E-state index contributed by atoms with van der Waals surface area (Å²) in [5.74, 6) is -1.06. The Hall–Kier alpha value is -1.85. The summed E-state index contributed by atoms with van der Waals surface area (Å²) in [6.07, 6.45) is 2.64. The second-order valence-corrected chi connectivity index (χ2v) is 5.97. The van der Waals surface area contributed by atoms with Crippen LogP contribution in [0, 0.1) is 0 Å². The van der Waals surface area contributed by atoms with Crippen molar-refractivity contribution >= 4 is 11.9 Å². The molecule has 0 aliphatic heterocycles. The van der Waals surface area contributed by atoms with E-state index in [0.29, 0.717) is 25.1 Å². The molecule has 1 saturated carbocycles. The molecule has 6 nitrogen and oxygen atoms in total. The lowest BCUT2D eigenvalue weighted by atomic mass is 9.97. The number of carbonyl (C=O) groups excluding carboxylic acids is 1. The first-order valence-corrected chi connectivity index (χ1v) is 7.53. The minimum absolute atomic E-state index is 0.226. The summed E-state index contributed by atoms with van der Waals surface area (Å²) in [4.78, 5) is 24.0. The first kappa shape index (κ1) is 15.5. The normalized spacial score (nSPS) is 17.1. The van der Waals surface area contributed by atoms with Crippen LogP contribution in [-0.2, 0) is 11.3 Å². The van der Waals surface area contributed by atoms with E-state index in [1.165, 1.54) is 0 Å². The Morgan fingerprint density at radius 3 is 2.52 bits per heavy atom. The van der Waals surface area contributed by atoms with E-state index in [-0.39, 0.29) is 11.8 Å². The van der Waals surface area contributed by atoms with Gasteiger partial charge in [0.15, 0.2) is 0 Å². The van der Waals surface area contributed by atoms with E-state index >= 15 is 0 Å². The van der Waals surface area contributed by atoms with Crippen molar-refractivity contribution in [3.05, 3.63) is 17.5 Å². The minimum atomic E-state index is -1.11. The van der Waals surface area contributed by atoms with Crippen LogP contribution >= 0.6 is 0 Å². The largest absolute Gasteiger partial charge is 0.480 e. The molecule has 2 rings (SSSR count). The first-order valence-electron chi connectivity index (χ1n) is 7.53. The molecule has 116 valence electrons. The number of rotatable bonds is 5. The van der Waals surface area contributed by atoms with Gasteiger partial charge in [-0.15, -0.1) is 0 Å². The predicted molar refractivity (Wildman–Crippen MR) is 78.3 cm³/mol. The van der Waals surface area contributed by atoms with Gasteiger partial charge >= 0.3 is 5.97 Å². The molecule has 0 radical (unpaired) electrons. The summed E-state index contributed by atoms with van der Waals surface area (Å²) >= 11 is 0. The Kier molecular flexibility index (Phi) is 4.34. The van der Waals surface area contributed by atoms with Gasteiger partial charge in [0, 0.05) is 6.54 Å². The van der Waals surface area contributed by atoms with Crippen molar-refractivity contribution in [2.24, 2.45) is 0 Å². The fourth-order valence-electron chi connectivity index (χ4n) is 2.79. The lowest BCUT2D eigenvalue weighted by Gasteiger charge is -2.25. The lowest BCUT2D eigenvalue weighted by Crippen LogP contribution is -2.52. The van der Waals surface area contributed by atoms with Gasteiger partial charge in [-0.3, -0.25) is 9.48 Å². The van der Waals surface area contributed by atoms with Crippen LogP contribution in [0.3, 0.4) is 0 Å². The number of aliphatic carboxylic acids is 1. The number of amides is 1. The maximum Gasteiger partial charge on any atom is 0.329 e. The maximum absolute atomic E-state index is 12.5. The Morgan fingerprint density at radius 1 is 1.43 bits per heavy atom. The maximum atomic E-state index is 12.5. The highest BCUT2D eigenvalue weighted by molar-refractivity contribution is 5.96. The topological polar surface area (TPSA) is 84.2 Å². The first-order chi connectivity index (χ1) is 9.89. The van der Waals surface area contributed by atoms with Crippen molar-refractivity contribution in [1.29, 1.82) is 0 Å². The van der Waals surface area contributed by atoms with E-state index in [1.54, 1.807) is 10.7 Å². The van der Waals surface area contributed by atoms with Crippen LogP contribution in [0.25, 0.3) is 0 Å². The zero-order valence-corrected chi connectivity index (χ0v) is 12.8. The number of hydrogen-bond acceptors (Lipinski definition) is 3. The number of aryl methyl sites for hydroxylation is 1. The molecular formula is C15H23N3O3. The molecule has 6 heteroatoms. The molecule has 1 aromatic heterocycles. The van der Waals surface area contributed by atoms with Crippen LogP contribution in [-0.4, -0.2) is 32.3 Å². The standard InChI is InChI=1S/C15H23N3O3/c1-4-18-12(9-11(17-18)10(2)3)13(19)16-15(14(20)21)7-5-6-8-15/h9-10H,4-8H2,1-3H3,(H,16,19)(H,20,21). The number of nitrogens with one attached hydrogen (secondary N) is 1. The zero-order chi connectivity index (χ0) is 15.6. The highest BCUT2D eigenvalue weighted by atomic mass is 16.4. The minimum Gasteiger partial charge on any atom is -0.480 e. The van der Waals surface area contributed by atoms with E-state index in [0.717, 1.165) is 18.5 Å².